The van der Waals surface area contributed by atoms with Crippen molar-refractivity contribution in [1.29, 1.82) is 0 Å². The number of rotatable bonds is 5. The number of benzene rings is 1. The van der Waals surface area contributed by atoms with E-state index in [0.29, 0.717) is 16.3 Å². The number of nitrogens with one attached hydrogen (secondary N) is 1. The predicted octanol–water partition coefficient (Wildman–Crippen LogP) is 2.83. The van der Waals surface area contributed by atoms with Crippen LogP contribution < -0.4 is 11.1 Å². The van der Waals surface area contributed by atoms with Crippen molar-refractivity contribution in [1.82, 2.24) is 5.32 Å². The van der Waals surface area contributed by atoms with Crippen molar-refractivity contribution in [2.24, 2.45) is 0 Å². The van der Waals surface area contributed by atoms with E-state index in [0.717, 1.165) is 0 Å². The van der Waals surface area contributed by atoms with E-state index in [2.05, 4.69) is 5.32 Å². The Morgan fingerprint density at radius 1 is 1.41 bits per heavy atom. The van der Waals surface area contributed by atoms with E-state index in [-0.39, 0.29) is 12.8 Å². The summed E-state index contributed by atoms with van der Waals surface area (Å²) in [6.45, 7) is 5.19. The first-order chi connectivity index (χ1) is 10.1. The molecule has 1 aromatic rings. The Kier molecular flexibility index (Phi) is 6.05. The normalized spacial score (nSPS) is 12.5. The topological polar surface area (TPSA) is 102 Å². The van der Waals surface area contributed by atoms with Gasteiger partial charge in [0.1, 0.15) is 5.60 Å². The van der Waals surface area contributed by atoms with Crippen LogP contribution in [0.1, 0.15) is 32.8 Å². The third-order valence-electron chi connectivity index (χ3n) is 2.68. The van der Waals surface area contributed by atoms with Crippen LogP contribution in [-0.2, 0) is 16.0 Å². The second-order valence-electron chi connectivity index (χ2n) is 6.00. The highest BCUT2D eigenvalue weighted by molar-refractivity contribution is 6.31. The summed E-state index contributed by atoms with van der Waals surface area (Å²) in [4.78, 5) is 22.8. The smallest absolute Gasteiger partial charge is 0.407 e. The van der Waals surface area contributed by atoms with Crippen molar-refractivity contribution >= 4 is 29.4 Å². The molecule has 1 amide bonds. The summed E-state index contributed by atoms with van der Waals surface area (Å²) in [6.07, 6.45) is -0.668. The van der Waals surface area contributed by atoms with Crippen LogP contribution in [-0.4, -0.2) is 28.8 Å². The van der Waals surface area contributed by atoms with Gasteiger partial charge in [0, 0.05) is 16.8 Å². The van der Waals surface area contributed by atoms with E-state index < -0.39 is 23.7 Å². The Morgan fingerprint density at radius 3 is 2.59 bits per heavy atom. The van der Waals surface area contributed by atoms with Gasteiger partial charge in [0.05, 0.1) is 6.42 Å². The number of carbonyl (C=O) groups is 2. The van der Waals surface area contributed by atoms with E-state index >= 15 is 0 Å². The summed E-state index contributed by atoms with van der Waals surface area (Å²) in [5.74, 6) is -1.03. The van der Waals surface area contributed by atoms with Crippen LogP contribution in [0.5, 0.6) is 0 Å². The molecule has 122 valence electrons. The molecule has 1 rings (SSSR count). The molecular formula is C15H21ClN2O4. The van der Waals surface area contributed by atoms with Gasteiger partial charge in [-0.25, -0.2) is 4.79 Å². The summed E-state index contributed by atoms with van der Waals surface area (Å²) >= 11 is 6.07. The molecule has 1 atom stereocenters. The molecule has 0 spiro atoms. The molecule has 0 fully saturated rings. The number of alkyl carbamates (subject to hydrolysis) is 1. The maximum absolute atomic E-state index is 11.8. The molecule has 0 saturated carbocycles. The van der Waals surface area contributed by atoms with Crippen molar-refractivity contribution < 1.29 is 19.4 Å². The van der Waals surface area contributed by atoms with Gasteiger partial charge in [0.25, 0.3) is 0 Å². The van der Waals surface area contributed by atoms with Crippen molar-refractivity contribution in [3.8, 4) is 0 Å². The molecule has 6 nitrogen and oxygen atoms in total. The highest BCUT2D eigenvalue weighted by atomic mass is 35.5. The zero-order chi connectivity index (χ0) is 16.9. The molecule has 0 aliphatic heterocycles. The number of halogens is 1. The number of ether oxygens (including phenoxy) is 1. The van der Waals surface area contributed by atoms with Gasteiger partial charge in [-0.1, -0.05) is 11.6 Å². The van der Waals surface area contributed by atoms with Crippen molar-refractivity contribution in [2.45, 2.75) is 45.3 Å². The second-order valence-corrected chi connectivity index (χ2v) is 6.40. The van der Waals surface area contributed by atoms with Gasteiger partial charge in [-0.2, -0.15) is 0 Å². The van der Waals surface area contributed by atoms with E-state index in [1.54, 1.807) is 39.0 Å². The van der Waals surface area contributed by atoms with Crippen molar-refractivity contribution in [3.63, 3.8) is 0 Å². The fraction of sp³-hybridized carbons (Fsp3) is 0.467. The summed E-state index contributed by atoms with van der Waals surface area (Å²) in [5, 5.41) is 12.0. The van der Waals surface area contributed by atoms with Gasteiger partial charge >= 0.3 is 12.1 Å². The van der Waals surface area contributed by atoms with E-state index in [4.69, 9.17) is 27.2 Å². The Hall–Kier alpha value is -1.95. The van der Waals surface area contributed by atoms with Crippen LogP contribution in [0.4, 0.5) is 10.5 Å². The average molecular weight is 329 g/mol. The molecular weight excluding hydrogens is 308 g/mol. The Morgan fingerprint density at radius 2 is 2.05 bits per heavy atom. The number of carboxylic acids is 1. The number of amides is 1. The van der Waals surface area contributed by atoms with Gasteiger partial charge in [0.15, 0.2) is 0 Å². The zero-order valence-corrected chi connectivity index (χ0v) is 13.6. The number of nitrogens with two attached hydrogens (primary N) is 1. The van der Waals surface area contributed by atoms with Crippen LogP contribution in [0.15, 0.2) is 18.2 Å². The quantitative estimate of drug-likeness (QED) is 0.721. The van der Waals surface area contributed by atoms with E-state index in [1.165, 1.54) is 0 Å². The minimum absolute atomic E-state index is 0.245. The molecule has 0 aromatic heterocycles. The largest absolute Gasteiger partial charge is 0.481 e. The average Bonchev–Trinajstić information content (AvgIpc) is 2.30. The Labute approximate surface area is 134 Å². The SMILES string of the molecule is CC(C)(C)OC(=O)N[C@H](CC(=O)O)Cc1cc(N)ccc1Cl. The third-order valence-corrected chi connectivity index (χ3v) is 3.05. The van der Waals surface area contributed by atoms with E-state index in [9.17, 15) is 9.59 Å². The van der Waals surface area contributed by atoms with Crippen LogP contribution in [0.2, 0.25) is 5.02 Å². The molecule has 0 heterocycles. The first kappa shape index (κ1) is 18.1. The molecule has 0 aliphatic carbocycles. The summed E-state index contributed by atoms with van der Waals surface area (Å²) in [7, 11) is 0. The minimum Gasteiger partial charge on any atom is -0.481 e. The number of anilines is 1. The third kappa shape index (κ3) is 6.67. The van der Waals surface area contributed by atoms with Crippen molar-refractivity contribution in [2.75, 3.05) is 5.73 Å². The van der Waals surface area contributed by atoms with E-state index in [1.807, 2.05) is 0 Å². The maximum atomic E-state index is 11.8. The molecule has 0 bridgehead atoms. The maximum Gasteiger partial charge on any atom is 0.407 e. The minimum atomic E-state index is -1.03. The van der Waals surface area contributed by atoms with Crippen LogP contribution in [0.3, 0.4) is 0 Å². The molecule has 0 radical (unpaired) electrons. The van der Waals surface area contributed by atoms with Gasteiger partial charge in [-0.15, -0.1) is 0 Å². The fourth-order valence-electron chi connectivity index (χ4n) is 1.88. The Bertz CT molecular complexity index is 555. The summed E-state index contributed by atoms with van der Waals surface area (Å²) < 4.78 is 5.14. The molecule has 22 heavy (non-hydrogen) atoms. The molecule has 4 N–H and O–H groups in total. The number of hydrogen-bond acceptors (Lipinski definition) is 4. The lowest BCUT2D eigenvalue weighted by Gasteiger charge is -2.23. The standard InChI is InChI=1S/C15H21ClN2O4/c1-15(2,3)22-14(21)18-11(8-13(19)20)7-9-6-10(17)4-5-12(9)16/h4-6,11H,7-8,17H2,1-3H3,(H,18,21)(H,19,20)/t11-/m0/s1. The van der Waals surface area contributed by atoms with Gasteiger partial charge in [0.2, 0.25) is 0 Å². The number of carboxylic acid groups (broad SMARTS) is 1. The predicted molar refractivity (Wildman–Crippen MR) is 85.0 cm³/mol. The van der Waals surface area contributed by atoms with Crippen molar-refractivity contribution in [3.05, 3.63) is 28.8 Å². The lowest BCUT2D eigenvalue weighted by Crippen LogP contribution is -2.41. The van der Waals surface area contributed by atoms with Crippen LogP contribution >= 0.6 is 11.6 Å². The molecule has 1 aromatic carbocycles. The van der Waals surface area contributed by atoms with Gasteiger partial charge in [-0.05, 0) is 51.0 Å². The fourth-order valence-corrected chi connectivity index (χ4v) is 2.07. The molecule has 0 aliphatic rings. The summed E-state index contributed by atoms with van der Waals surface area (Å²) in [6, 6.07) is 4.30. The Balaban J connectivity index is 2.82. The first-order valence-electron chi connectivity index (χ1n) is 6.82. The second kappa shape index (κ2) is 7.35. The highest BCUT2D eigenvalue weighted by Crippen LogP contribution is 2.21. The van der Waals surface area contributed by atoms with Crippen LogP contribution in [0, 0.1) is 0 Å². The summed E-state index contributed by atoms with van der Waals surface area (Å²) in [5.41, 5.74) is 6.23. The number of hydrogen-bond donors (Lipinski definition) is 3. The molecule has 0 saturated heterocycles. The highest BCUT2D eigenvalue weighted by Gasteiger charge is 2.22. The monoisotopic (exact) mass is 328 g/mol. The first-order valence-corrected chi connectivity index (χ1v) is 7.20. The van der Waals surface area contributed by atoms with Gasteiger partial charge in [-0.3, -0.25) is 4.79 Å². The number of carbonyl (C=O) groups excluding carboxylic acids is 1. The number of nitrogen functional groups attached to an aromatic ring is 1. The van der Waals surface area contributed by atoms with Crippen LogP contribution in [0.25, 0.3) is 0 Å². The van der Waals surface area contributed by atoms with Gasteiger partial charge < -0.3 is 20.9 Å². The number of aliphatic carboxylic acids is 1. The molecule has 0 unspecified atom stereocenters. The lowest BCUT2D eigenvalue weighted by atomic mass is 10.0. The zero-order valence-electron chi connectivity index (χ0n) is 12.9. The lowest BCUT2D eigenvalue weighted by molar-refractivity contribution is -0.137. The molecule has 7 heteroatoms.